The number of aryl methyl sites for hydroxylation is 1. The Morgan fingerprint density at radius 3 is 2.69 bits per heavy atom. The maximum Gasteiger partial charge on any atom is 0.212 e. The summed E-state index contributed by atoms with van der Waals surface area (Å²) in [5.41, 5.74) is 3.05. The predicted octanol–water partition coefficient (Wildman–Crippen LogP) is 3.28. The normalized spacial score (nSPS) is 10.4. The summed E-state index contributed by atoms with van der Waals surface area (Å²) in [6.45, 7) is 2.01. The van der Waals surface area contributed by atoms with E-state index in [1.807, 2.05) is 13.0 Å². The van der Waals surface area contributed by atoms with Crippen LogP contribution in [0.2, 0.25) is 0 Å². The van der Waals surface area contributed by atoms with Gasteiger partial charge in [-0.3, -0.25) is 4.98 Å². The summed E-state index contributed by atoms with van der Waals surface area (Å²) in [4.78, 5) is 7.90. The van der Waals surface area contributed by atoms with E-state index < -0.39 is 5.95 Å². The van der Waals surface area contributed by atoms with E-state index in [-0.39, 0.29) is 0 Å². The van der Waals surface area contributed by atoms with Crippen molar-refractivity contribution in [3.05, 3.63) is 57.8 Å². The molecule has 2 aromatic rings. The van der Waals surface area contributed by atoms with E-state index in [9.17, 15) is 4.39 Å². The minimum absolute atomic E-state index is 0.455. The van der Waals surface area contributed by atoms with Gasteiger partial charge in [-0.05, 0) is 46.1 Å². The molecule has 0 radical (unpaired) electrons. The van der Waals surface area contributed by atoms with Crippen LogP contribution in [-0.2, 0) is 6.42 Å². The first-order chi connectivity index (χ1) is 7.65. The number of nitrogens with zero attached hydrogens (tertiary/aromatic N) is 2. The van der Waals surface area contributed by atoms with Crippen molar-refractivity contribution < 1.29 is 4.39 Å². The Balaban J connectivity index is 2.20. The zero-order chi connectivity index (χ0) is 11.5. The molecule has 16 heavy (non-hydrogen) atoms. The topological polar surface area (TPSA) is 25.8 Å². The Morgan fingerprint density at radius 2 is 2.06 bits per heavy atom. The minimum Gasteiger partial charge on any atom is -0.260 e. The van der Waals surface area contributed by atoms with Crippen LogP contribution >= 0.6 is 15.9 Å². The number of aromatic nitrogens is 2. The average Bonchev–Trinajstić information content (AvgIpc) is 2.27. The van der Waals surface area contributed by atoms with Crippen molar-refractivity contribution in [1.82, 2.24) is 9.97 Å². The smallest absolute Gasteiger partial charge is 0.212 e. The van der Waals surface area contributed by atoms with Crippen LogP contribution in [0.1, 0.15) is 16.8 Å². The summed E-state index contributed by atoms with van der Waals surface area (Å²) in [7, 11) is 0. The third-order valence-electron chi connectivity index (χ3n) is 2.28. The Hall–Kier alpha value is -1.29. The van der Waals surface area contributed by atoms with Crippen molar-refractivity contribution in [1.29, 1.82) is 0 Å². The number of hydrogen-bond donors (Lipinski definition) is 0. The average molecular weight is 281 g/mol. The molecule has 0 N–H and O–H groups in total. The lowest BCUT2D eigenvalue weighted by atomic mass is 10.1. The second kappa shape index (κ2) is 4.70. The van der Waals surface area contributed by atoms with Crippen LogP contribution in [0, 0.1) is 12.9 Å². The second-order valence-corrected chi connectivity index (χ2v) is 4.45. The Labute approximate surface area is 102 Å². The third kappa shape index (κ3) is 2.64. The van der Waals surface area contributed by atoms with Gasteiger partial charge in [0.05, 0.1) is 0 Å². The minimum atomic E-state index is -0.455. The molecule has 0 bridgehead atoms. The van der Waals surface area contributed by atoms with Gasteiger partial charge in [0, 0.05) is 29.0 Å². The second-order valence-electron chi connectivity index (χ2n) is 3.59. The summed E-state index contributed by atoms with van der Waals surface area (Å²) in [6, 6.07) is 5.09. The quantitative estimate of drug-likeness (QED) is 0.789. The highest BCUT2D eigenvalue weighted by Gasteiger charge is 2.01. The number of hydrogen-bond acceptors (Lipinski definition) is 2. The molecule has 0 fully saturated rings. The molecule has 0 spiro atoms. The highest BCUT2D eigenvalue weighted by molar-refractivity contribution is 9.10. The van der Waals surface area contributed by atoms with Gasteiger partial charge in [0.2, 0.25) is 5.95 Å². The molecule has 4 heteroatoms. The zero-order valence-corrected chi connectivity index (χ0v) is 10.3. The van der Waals surface area contributed by atoms with Crippen molar-refractivity contribution in [2.75, 3.05) is 0 Å². The first-order valence-corrected chi connectivity index (χ1v) is 5.66. The maximum absolute atomic E-state index is 12.6. The Bertz CT molecular complexity index is 497. The molecule has 0 aliphatic rings. The molecule has 0 unspecified atom stereocenters. The predicted molar refractivity (Wildman–Crippen MR) is 63.7 cm³/mol. The highest BCUT2D eigenvalue weighted by atomic mass is 79.9. The molecule has 0 saturated heterocycles. The van der Waals surface area contributed by atoms with Crippen LogP contribution in [-0.4, -0.2) is 9.97 Å². The lowest BCUT2D eigenvalue weighted by molar-refractivity contribution is 0.582. The molecule has 0 atom stereocenters. The first kappa shape index (κ1) is 11.2. The molecule has 0 aromatic carbocycles. The van der Waals surface area contributed by atoms with Crippen LogP contribution < -0.4 is 0 Å². The molecule has 82 valence electrons. The lowest BCUT2D eigenvalue weighted by Crippen LogP contribution is -1.94. The Morgan fingerprint density at radius 1 is 1.25 bits per heavy atom. The summed E-state index contributed by atoms with van der Waals surface area (Å²) < 4.78 is 13.6. The van der Waals surface area contributed by atoms with E-state index in [0.29, 0.717) is 6.42 Å². The van der Waals surface area contributed by atoms with E-state index in [2.05, 4.69) is 25.9 Å². The van der Waals surface area contributed by atoms with Gasteiger partial charge in [-0.15, -0.1) is 0 Å². The van der Waals surface area contributed by atoms with Gasteiger partial charge < -0.3 is 0 Å². The Kier molecular flexibility index (Phi) is 3.29. The lowest BCUT2D eigenvalue weighted by Gasteiger charge is -2.03. The van der Waals surface area contributed by atoms with Crippen LogP contribution in [0.3, 0.4) is 0 Å². The van der Waals surface area contributed by atoms with Crippen molar-refractivity contribution in [2.24, 2.45) is 0 Å². The summed E-state index contributed by atoms with van der Waals surface area (Å²) in [5.74, 6) is -0.455. The molecular formula is C12H10BrFN2. The fourth-order valence-electron chi connectivity index (χ4n) is 1.41. The largest absolute Gasteiger partial charge is 0.260 e. The fourth-order valence-corrected chi connectivity index (χ4v) is 1.63. The van der Waals surface area contributed by atoms with E-state index in [4.69, 9.17) is 0 Å². The van der Waals surface area contributed by atoms with Crippen molar-refractivity contribution in [3.8, 4) is 0 Å². The van der Waals surface area contributed by atoms with Gasteiger partial charge in [0.1, 0.15) is 0 Å². The third-order valence-corrected chi connectivity index (χ3v) is 3.11. The van der Waals surface area contributed by atoms with E-state index >= 15 is 0 Å². The van der Waals surface area contributed by atoms with Crippen molar-refractivity contribution in [2.45, 2.75) is 13.3 Å². The standard InChI is InChI=1S/C12H10BrFN2/c1-8-4-10(15-7-11(8)13)5-9-2-3-12(14)16-6-9/h2-4,6-7H,5H2,1H3. The SMILES string of the molecule is Cc1cc(Cc2ccc(F)nc2)ncc1Br. The summed E-state index contributed by atoms with van der Waals surface area (Å²) in [5, 5.41) is 0. The molecule has 2 heterocycles. The molecule has 0 amide bonds. The summed E-state index contributed by atoms with van der Waals surface area (Å²) in [6.07, 6.45) is 3.98. The van der Waals surface area contributed by atoms with Crippen molar-refractivity contribution in [3.63, 3.8) is 0 Å². The number of rotatable bonds is 2. The van der Waals surface area contributed by atoms with Crippen LogP contribution in [0.15, 0.2) is 35.1 Å². The van der Waals surface area contributed by atoms with Gasteiger partial charge >= 0.3 is 0 Å². The number of halogens is 2. The van der Waals surface area contributed by atoms with Gasteiger partial charge in [-0.2, -0.15) is 4.39 Å². The molecule has 2 nitrogen and oxygen atoms in total. The zero-order valence-electron chi connectivity index (χ0n) is 8.74. The molecule has 2 aromatic heterocycles. The highest BCUT2D eigenvalue weighted by Crippen LogP contribution is 2.16. The monoisotopic (exact) mass is 280 g/mol. The van der Waals surface area contributed by atoms with E-state index in [1.165, 1.54) is 12.3 Å². The number of pyridine rings is 2. The molecular weight excluding hydrogens is 271 g/mol. The molecule has 2 rings (SSSR count). The van der Waals surface area contributed by atoms with Crippen LogP contribution in [0.5, 0.6) is 0 Å². The summed E-state index contributed by atoms with van der Waals surface area (Å²) >= 11 is 3.40. The van der Waals surface area contributed by atoms with E-state index in [0.717, 1.165) is 21.3 Å². The first-order valence-electron chi connectivity index (χ1n) is 4.86. The van der Waals surface area contributed by atoms with Gasteiger partial charge in [-0.1, -0.05) is 6.07 Å². The van der Waals surface area contributed by atoms with Gasteiger partial charge in [0.25, 0.3) is 0 Å². The van der Waals surface area contributed by atoms with Gasteiger partial charge in [0.15, 0.2) is 0 Å². The van der Waals surface area contributed by atoms with Gasteiger partial charge in [-0.25, -0.2) is 4.98 Å². The molecule has 0 aliphatic carbocycles. The fraction of sp³-hybridized carbons (Fsp3) is 0.167. The molecule has 0 aliphatic heterocycles. The molecule has 0 saturated carbocycles. The van der Waals surface area contributed by atoms with E-state index in [1.54, 1.807) is 12.3 Å². The van der Waals surface area contributed by atoms with Crippen LogP contribution in [0.4, 0.5) is 4.39 Å². The maximum atomic E-state index is 12.6. The van der Waals surface area contributed by atoms with Crippen molar-refractivity contribution >= 4 is 15.9 Å². The van der Waals surface area contributed by atoms with Crippen LogP contribution in [0.25, 0.3) is 0 Å².